The SMILES string of the molecule is Cc1nc(-c2c[nH]c(C(=O)N3CCN(Cc4ncc[nH]4)CC3)c2)cs1. The first-order valence-corrected chi connectivity index (χ1v) is 9.18. The van der Waals surface area contributed by atoms with Crippen molar-refractivity contribution in [2.24, 2.45) is 0 Å². The zero-order valence-electron chi connectivity index (χ0n) is 14.0. The maximum atomic E-state index is 12.7. The standard InChI is InChI=1S/C17H20N6OS/c1-12-21-15(11-25-12)13-8-14(20-9-13)17(24)23-6-4-22(5-7-23)10-16-18-2-3-19-16/h2-3,8-9,11,20H,4-7,10H2,1H3,(H,18,19). The highest BCUT2D eigenvalue weighted by atomic mass is 32.1. The van der Waals surface area contributed by atoms with Crippen molar-refractivity contribution in [1.29, 1.82) is 0 Å². The first-order chi connectivity index (χ1) is 12.2. The normalized spacial score (nSPS) is 15.6. The Kier molecular flexibility index (Phi) is 4.37. The minimum Gasteiger partial charge on any atom is -0.357 e. The number of aryl methyl sites for hydroxylation is 1. The highest BCUT2D eigenvalue weighted by Gasteiger charge is 2.23. The van der Waals surface area contributed by atoms with Crippen molar-refractivity contribution in [2.45, 2.75) is 13.5 Å². The maximum Gasteiger partial charge on any atom is 0.270 e. The summed E-state index contributed by atoms with van der Waals surface area (Å²) in [5.74, 6) is 1.02. The van der Waals surface area contributed by atoms with Crippen LogP contribution in [0.1, 0.15) is 21.3 Å². The van der Waals surface area contributed by atoms with Crippen LogP contribution in [-0.2, 0) is 6.54 Å². The molecule has 0 atom stereocenters. The third kappa shape index (κ3) is 3.49. The number of aromatic nitrogens is 4. The quantitative estimate of drug-likeness (QED) is 0.750. The van der Waals surface area contributed by atoms with Crippen LogP contribution >= 0.6 is 11.3 Å². The molecule has 1 aliphatic rings. The van der Waals surface area contributed by atoms with E-state index in [1.807, 2.05) is 35.7 Å². The summed E-state index contributed by atoms with van der Waals surface area (Å²) < 4.78 is 0. The van der Waals surface area contributed by atoms with Gasteiger partial charge in [0.25, 0.3) is 5.91 Å². The molecule has 0 bridgehead atoms. The summed E-state index contributed by atoms with van der Waals surface area (Å²) in [6, 6.07) is 1.89. The van der Waals surface area contributed by atoms with Gasteiger partial charge in [0.05, 0.1) is 17.2 Å². The summed E-state index contributed by atoms with van der Waals surface area (Å²) in [6.07, 6.45) is 5.46. The number of thiazole rings is 1. The summed E-state index contributed by atoms with van der Waals surface area (Å²) in [5, 5.41) is 3.04. The third-order valence-electron chi connectivity index (χ3n) is 4.42. The second-order valence-electron chi connectivity index (χ2n) is 6.16. The second-order valence-corrected chi connectivity index (χ2v) is 7.22. The molecule has 0 aliphatic carbocycles. The number of imidazole rings is 1. The number of hydrogen-bond donors (Lipinski definition) is 2. The summed E-state index contributed by atoms with van der Waals surface area (Å²) in [7, 11) is 0. The number of nitrogens with zero attached hydrogens (tertiary/aromatic N) is 4. The van der Waals surface area contributed by atoms with E-state index in [2.05, 4.69) is 24.8 Å². The van der Waals surface area contributed by atoms with Gasteiger partial charge in [0, 0.05) is 55.7 Å². The van der Waals surface area contributed by atoms with Gasteiger partial charge in [0.1, 0.15) is 11.5 Å². The van der Waals surface area contributed by atoms with Crippen LogP contribution in [0.4, 0.5) is 0 Å². The molecular formula is C17H20N6OS. The number of amides is 1. The Bertz CT molecular complexity index is 844. The highest BCUT2D eigenvalue weighted by molar-refractivity contribution is 7.09. The average Bonchev–Trinajstić information content (AvgIpc) is 3.36. The molecule has 0 radical (unpaired) electrons. The highest BCUT2D eigenvalue weighted by Crippen LogP contribution is 2.23. The molecule has 25 heavy (non-hydrogen) atoms. The molecule has 1 saturated heterocycles. The molecule has 1 aliphatic heterocycles. The monoisotopic (exact) mass is 356 g/mol. The molecule has 2 N–H and O–H groups in total. The van der Waals surface area contributed by atoms with Gasteiger partial charge in [0.2, 0.25) is 0 Å². The van der Waals surface area contributed by atoms with Crippen molar-refractivity contribution < 1.29 is 4.79 Å². The molecule has 8 heteroatoms. The zero-order valence-corrected chi connectivity index (χ0v) is 14.8. The van der Waals surface area contributed by atoms with Gasteiger partial charge < -0.3 is 14.9 Å². The number of piperazine rings is 1. The molecule has 1 fully saturated rings. The molecule has 0 spiro atoms. The topological polar surface area (TPSA) is 80.9 Å². The van der Waals surface area contributed by atoms with Crippen LogP contribution in [0, 0.1) is 6.92 Å². The van der Waals surface area contributed by atoms with E-state index < -0.39 is 0 Å². The lowest BCUT2D eigenvalue weighted by Crippen LogP contribution is -2.48. The van der Waals surface area contributed by atoms with Crippen LogP contribution in [0.25, 0.3) is 11.3 Å². The average molecular weight is 356 g/mol. The van der Waals surface area contributed by atoms with Crippen molar-refractivity contribution in [1.82, 2.24) is 29.7 Å². The lowest BCUT2D eigenvalue weighted by molar-refractivity contribution is 0.0620. The van der Waals surface area contributed by atoms with Crippen LogP contribution in [-0.4, -0.2) is 61.8 Å². The Morgan fingerprint density at radius 1 is 1.28 bits per heavy atom. The summed E-state index contributed by atoms with van der Waals surface area (Å²) in [6.45, 7) is 5.93. The van der Waals surface area contributed by atoms with E-state index in [1.165, 1.54) is 0 Å². The molecule has 3 aromatic heterocycles. The number of H-pyrrole nitrogens is 2. The molecule has 0 aromatic carbocycles. The van der Waals surface area contributed by atoms with E-state index in [0.717, 1.165) is 54.8 Å². The van der Waals surface area contributed by atoms with E-state index >= 15 is 0 Å². The molecule has 4 heterocycles. The van der Waals surface area contributed by atoms with Gasteiger partial charge in [-0.25, -0.2) is 9.97 Å². The van der Waals surface area contributed by atoms with Gasteiger partial charge in [-0.2, -0.15) is 0 Å². The molecule has 7 nitrogen and oxygen atoms in total. The van der Waals surface area contributed by atoms with Crippen LogP contribution in [0.5, 0.6) is 0 Å². The smallest absolute Gasteiger partial charge is 0.270 e. The van der Waals surface area contributed by atoms with Crippen LogP contribution in [0.2, 0.25) is 0 Å². The van der Waals surface area contributed by atoms with Gasteiger partial charge in [-0.15, -0.1) is 11.3 Å². The second kappa shape index (κ2) is 6.81. The van der Waals surface area contributed by atoms with Crippen LogP contribution in [0.15, 0.2) is 30.0 Å². The molecule has 130 valence electrons. The van der Waals surface area contributed by atoms with E-state index in [9.17, 15) is 4.79 Å². The van der Waals surface area contributed by atoms with Crippen molar-refractivity contribution in [2.75, 3.05) is 26.2 Å². The fourth-order valence-corrected chi connectivity index (χ4v) is 3.66. The Morgan fingerprint density at radius 3 is 2.80 bits per heavy atom. The van der Waals surface area contributed by atoms with Gasteiger partial charge in [-0.05, 0) is 13.0 Å². The predicted molar refractivity (Wildman–Crippen MR) is 96.4 cm³/mol. The fourth-order valence-electron chi connectivity index (χ4n) is 3.04. The number of nitrogens with one attached hydrogen (secondary N) is 2. The largest absolute Gasteiger partial charge is 0.357 e. The number of rotatable bonds is 4. The minimum atomic E-state index is 0.0517. The van der Waals surface area contributed by atoms with E-state index in [4.69, 9.17) is 0 Å². The Morgan fingerprint density at radius 2 is 2.12 bits per heavy atom. The fraction of sp³-hybridized carbons (Fsp3) is 0.353. The number of aromatic amines is 2. The van der Waals surface area contributed by atoms with E-state index in [-0.39, 0.29) is 5.91 Å². The minimum absolute atomic E-state index is 0.0517. The lowest BCUT2D eigenvalue weighted by atomic mass is 10.2. The first kappa shape index (κ1) is 16.0. The third-order valence-corrected chi connectivity index (χ3v) is 5.19. The number of hydrogen-bond acceptors (Lipinski definition) is 5. The summed E-state index contributed by atoms with van der Waals surface area (Å²) >= 11 is 1.61. The number of carbonyl (C=O) groups is 1. The van der Waals surface area contributed by atoms with Crippen molar-refractivity contribution in [3.05, 3.63) is 46.6 Å². The van der Waals surface area contributed by atoms with Gasteiger partial charge in [0.15, 0.2) is 0 Å². The number of carbonyl (C=O) groups excluding carboxylic acids is 1. The van der Waals surface area contributed by atoms with E-state index in [1.54, 1.807) is 17.5 Å². The maximum absolute atomic E-state index is 12.7. The molecule has 0 unspecified atom stereocenters. The predicted octanol–water partition coefficient (Wildman–Crippen LogP) is 2.13. The molecule has 0 saturated carbocycles. The zero-order chi connectivity index (χ0) is 17.2. The molecule has 1 amide bonds. The van der Waals surface area contributed by atoms with Crippen molar-refractivity contribution in [3.8, 4) is 11.3 Å². The van der Waals surface area contributed by atoms with Gasteiger partial charge >= 0.3 is 0 Å². The molecule has 4 rings (SSSR count). The van der Waals surface area contributed by atoms with Crippen LogP contribution in [0.3, 0.4) is 0 Å². The Hall–Kier alpha value is -2.45. The van der Waals surface area contributed by atoms with Gasteiger partial charge in [-0.3, -0.25) is 9.69 Å². The van der Waals surface area contributed by atoms with Crippen molar-refractivity contribution in [3.63, 3.8) is 0 Å². The van der Waals surface area contributed by atoms with Crippen molar-refractivity contribution >= 4 is 17.2 Å². The van der Waals surface area contributed by atoms with Crippen LogP contribution < -0.4 is 0 Å². The molecular weight excluding hydrogens is 336 g/mol. The summed E-state index contributed by atoms with van der Waals surface area (Å²) in [5.41, 5.74) is 2.50. The van der Waals surface area contributed by atoms with Gasteiger partial charge in [-0.1, -0.05) is 0 Å². The Balaban J connectivity index is 1.37. The lowest BCUT2D eigenvalue weighted by Gasteiger charge is -2.34. The van der Waals surface area contributed by atoms with E-state index in [0.29, 0.717) is 5.69 Å². The molecule has 3 aromatic rings. The first-order valence-electron chi connectivity index (χ1n) is 8.30. The summed E-state index contributed by atoms with van der Waals surface area (Å²) in [4.78, 5) is 31.9. The Labute approximate surface area is 149 Å².